The van der Waals surface area contributed by atoms with Gasteiger partial charge in [0.1, 0.15) is 0 Å². The van der Waals surface area contributed by atoms with Crippen molar-refractivity contribution in [2.24, 2.45) is 5.92 Å². The van der Waals surface area contributed by atoms with Gasteiger partial charge in [0.15, 0.2) is 0 Å². The van der Waals surface area contributed by atoms with Gasteiger partial charge in [-0.1, -0.05) is 13.3 Å². The molecule has 0 aromatic rings. The summed E-state index contributed by atoms with van der Waals surface area (Å²) in [4.78, 5) is 0. The Hall–Kier alpha value is -0.0800. The second-order valence-corrected chi connectivity index (χ2v) is 4.93. The molecule has 0 heterocycles. The van der Waals surface area contributed by atoms with Gasteiger partial charge in [0.25, 0.3) is 0 Å². The van der Waals surface area contributed by atoms with Gasteiger partial charge in [0.05, 0.1) is 5.60 Å². The molecule has 0 aromatic heterocycles. The Bertz CT molecular complexity index is 162. The maximum atomic E-state index is 9.72. The molecule has 1 rings (SSSR count). The largest absolute Gasteiger partial charge is 0.389 e. The van der Waals surface area contributed by atoms with Crippen LogP contribution in [0.25, 0.3) is 0 Å². The molecule has 2 nitrogen and oxygen atoms in total. The Morgan fingerprint density at radius 3 is 2.62 bits per heavy atom. The van der Waals surface area contributed by atoms with Crippen LogP contribution in [0.2, 0.25) is 0 Å². The lowest BCUT2D eigenvalue weighted by atomic mass is 10.0. The lowest BCUT2D eigenvalue weighted by molar-refractivity contribution is 0.0431. The van der Waals surface area contributed by atoms with E-state index in [1.165, 1.54) is 19.3 Å². The lowest BCUT2D eigenvalue weighted by Crippen LogP contribution is -2.45. The molecule has 0 radical (unpaired) electrons. The second kappa shape index (κ2) is 3.97. The molecule has 0 aromatic carbocycles. The first kappa shape index (κ1) is 11.0. The van der Waals surface area contributed by atoms with Gasteiger partial charge in [-0.2, -0.15) is 0 Å². The first-order valence-corrected chi connectivity index (χ1v) is 5.43. The summed E-state index contributed by atoms with van der Waals surface area (Å²) in [6.45, 7) is 8.01. The molecule has 0 saturated heterocycles. The molecular weight excluding hydrogens is 162 g/mol. The Labute approximate surface area is 81.7 Å². The van der Waals surface area contributed by atoms with Crippen LogP contribution in [0.1, 0.15) is 47.0 Å². The number of nitrogens with one attached hydrogen (secondary N) is 1. The fourth-order valence-corrected chi connectivity index (χ4v) is 1.67. The molecule has 0 amide bonds. The van der Waals surface area contributed by atoms with Gasteiger partial charge in [-0.05, 0) is 39.5 Å². The molecule has 1 fully saturated rings. The molecule has 78 valence electrons. The number of aliphatic hydroxyl groups is 1. The average Bonchev–Trinajstić information content (AvgIpc) is 2.66. The highest BCUT2D eigenvalue weighted by Gasteiger charge is 2.38. The quantitative estimate of drug-likeness (QED) is 0.686. The minimum atomic E-state index is -0.598. The third-order valence-corrected chi connectivity index (χ3v) is 3.11. The van der Waals surface area contributed by atoms with Crippen LogP contribution in [-0.4, -0.2) is 22.8 Å². The molecule has 2 heteroatoms. The molecule has 3 atom stereocenters. The Kier molecular flexibility index (Phi) is 3.36. The Balaban J connectivity index is 2.20. The van der Waals surface area contributed by atoms with Crippen LogP contribution >= 0.6 is 0 Å². The summed E-state index contributed by atoms with van der Waals surface area (Å²) in [5.41, 5.74) is -0.598. The van der Waals surface area contributed by atoms with Crippen LogP contribution in [0.5, 0.6) is 0 Å². The zero-order valence-corrected chi connectivity index (χ0v) is 9.30. The van der Waals surface area contributed by atoms with Crippen molar-refractivity contribution < 1.29 is 5.11 Å². The first-order chi connectivity index (χ1) is 5.95. The van der Waals surface area contributed by atoms with E-state index in [0.29, 0.717) is 6.04 Å². The summed E-state index contributed by atoms with van der Waals surface area (Å²) >= 11 is 0. The van der Waals surface area contributed by atoms with Crippen molar-refractivity contribution in [2.45, 2.75) is 64.6 Å². The molecule has 0 spiro atoms. The van der Waals surface area contributed by atoms with E-state index in [-0.39, 0.29) is 6.04 Å². The monoisotopic (exact) mass is 185 g/mol. The fourth-order valence-electron chi connectivity index (χ4n) is 1.67. The SMILES string of the molecule is CCCC1CC1NC(C)C(C)(C)O. The van der Waals surface area contributed by atoms with Crippen LogP contribution in [0, 0.1) is 5.92 Å². The van der Waals surface area contributed by atoms with E-state index >= 15 is 0 Å². The summed E-state index contributed by atoms with van der Waals surface area (Å²) < 4.78 is 0. The smallest absolute Gasteiger partial charge is 0.0741 e. The molecule has 2 N–H and O–H groups in total. The van der Waals surface area contributed by atoms with E-state index in [9.17, 15) is 5.11 Å². The van der Waals surface area contributed by atoms with E-state index in [2.05, 4.69) is 19.2 Å². The molecule has 1 aliphatic carbocycles. The standard InChI is InChI=1S/C11H23NO/c1-5-6-9-7-10(9)12-8(2)11(3,4)13/h8-10,12-13H,5-7H2,1-4H3. The molecule has 0 bridgehead atoms. The van der Waals surface area contributed by atoms with Crippen molar-refractivity contribution in [1.29, 1.82) is 0 Å². The van der Waals surface area contributed by atoms with Gasteiger partial charge in [-0.25, -0.2) is 0 Å². The van der Waals surface area contributed by atoms with Gasteiger partial charge < -0.3 is 10.4 Å². The summed E-state index contributed by atoms with van der Waals surface area (Å²) in [6.07, 6.45) is 3.91. The fraction of sp³-hybridized carbons (Fsp3) is 1.00. The molecule has 1 aliphatic rings. The summed E-state index contributed by atoms with van der Waals surface area (Å²) in [5, 5.41) is 13.2. The molecule has 3 unspecified atom stereocenters. The second-order valence-electron chi connectivity index (χ2n) is 4.93. The third kappa shape index (κ3) is 3.28. The number of hydrogen-bond donors (Lipinski definition) is 2. The van der Waals surface area contributed by atoms with Gasteiger partial charge in [-0.3, -0.25) is 0 Å². The van der Waals surface area contributed by atoms with Crippen molar-refractivity contribution in [3.63, 3.8) is 0 Å². The van der Waals surface area contributed by atoms with Crippen molar-refractivity contribution in [3.8, 4) is 0 Å². The molecular formula is C11H23NO. The zero-order chi connectivity index (χ0) is 10.1. The summed E-state index contributed by atoms with van der Waals surface area (Å²) in [5.74, 6) is 0.870. The maximum Gasteiger partial charge on any atom is 0.0741 e. The van der Waals surface area contributed by atoms with Crippen molar-refractivity contribution >= 4 is 0 Å². The van der Waals surface area contributed by atoms with Crippen LogP contribution in [0.15, 0.2) is 0 Å². The van der Waals surface area contributed by atoms with E-state index in [1.807, 2.05) is 13.8 Å². The van der Waals surface area contributed by atoms with E-state index in [1.54, 1.807) is 0 Å². The predicted molar refractivity (Wildman–Crippen MR) is 55.7 cm³/mol. The molecule has 13 heavy (non-hydrogen) atoms. The lowest BCUT2D eigenvalue weighted by Gasteiger charge is -2.27. The highest BCUT2D eigenvalue weighted by Crippen LogP contribution is 2.35. The van der Waals surface area contributed by atoms with Crippen LogP contribution in [0.4, 0.5) is 0 Å². The third-order valence-electron chi connectivity index (χ3n) is 3.11. The number of hydrogen-bond acceptors (Lipinski definition) is 2. The van der Waals surface area contributed by atoms with Gasteiger partial charge >= 0.3 is 0 Å². The van der Waals surface area contributed by atoms with Crippen LogP contribution < -0.4 is 5.32 Å². The molecule has 0 aliphatic heterocycles. The van der Waals surface area contributed by atoms with Crippen molar-refractivity contribution in [3.05, 3.63) is 0 Å². The minimum absolute atomic E-state index is 0.194. The average molecular weight is 185 g/mol. The highest BCUT2D eigenvalue weighted by atomic mass is 16.3. The van der Waals surface area contributed by atoms with Gasteiger partial charge in [-0.15, -0.1) is 0 Å². The van der Waals surface area contributed by atoms with E-state index in [4.69, 9.17) is 0 Å². The van der Waals surface area contributed by atoms with E-state index < -0.39 is 5.60 Å². The normalized spacial score (nSPS) is 30.2. The topological polar surface area (TPSA) is 32.3 Å². The minimum Gasteiger partial charge on any atom is -0.389 e. The summed E-state index contributed by atoms with van der Waals surface area (Å²) in [6, 6.07) is 0.862. The van der Waals surface area contributed by atoms with Crippen molar-refractivity contribution in [1.82, 2.24) is 5.32 Å². The Morgan fingerprint density at radius 2 is 2.15 bits per heavy atom. The van der Waals surface area contributed by atoms with Crippen LogP contribution in [-0.2, 0) is 0 Å². The summed E-state index contributed by atoms with van der Waals surface area (Å²) in [7, 11) is 0. The maximum absolute atomic E-state index is 9.72. The molecule has 1 saturated carbocycles. The van der Waals surface area contributed by atoms with Crippen molar-refractivity contribution in [2.75, 3.05) is 0 Å². The van der Waals surface area contributed by atoms with E-state index in [0.717, 1.165) is 5.92 Å². The first-order valence-electron chi connectivity index (χ1n) is 5.43. The highest BCUT2D eigenvalue weighted by molar-refractivity contribution is 4.96. The van der Waals surface area contributed by atoms with Gasteiger partial charge in [0.2, 0.25) is 0 Å². The predicted octanol–water partition coefficient (Wildman–Crippen LogP) is 1.92. The van der Waals surface area contributed by atoms with Gasteiger partial charge in [0, 0.05) is 12.1 Å². The Morgan fingerprint density at radius 1 is 1.54 bits per heavy atom. The van der Waals surface area contributed by atoms with Crippen LogP contribution in [0.3, 0.4) is 0 Å². The zero-order valence-electron chi connectivity index (χ0n) is 9.30. The number of rotatable bonds is 5.